The highest BCUT2D eigenvalue weighted by Gasteiger charge is 2.38. The second-order valence-electron chi connectivity index (χ2n) is 8.25. The SMILES string of the molecule is CC1CCC(CN2CC(C3CCCCC3)NCC2(C)C)O1. The highest BCUT2D eigenvalue weighted by atomic mass is 16.5. The summed E-state index contributed by atoms with van der Waals surface area (Å²) in [5.74, 6) is 0.903. The van der Waals surface area contributed by atoms with E-state index >= 15 is 0 Å². The van der Waals surface area contributed by atoms with Crippen molar-refractivity contribution in [2.75, 3.05) is 19.6 Å². The van der Waals surface area contributed by atoms with Crippen molar-refractivity contribution in [2.24, 2.45) is 5.92 Å². The Morgan fingerprint density at radius 3 is 2.52 bits per heavy atom. The molecular formula is C18H34N2O. The summed E-state index contributed by atoms with van der Waals surface area (Å²) in [7, 11) is 0. The summed E-state index contributed by atoms with van der Waals surface area (Å²) in [6, 6.07) is 0.706. The standard InChI is InChI=1S/C18H34N2O/c1-14-9-10-16(21-14)11-20-12-17(19-13-18(20,2)3)15-7-5-4-6-8-15/h14-17,19H,4-13H2,1-3H3. The van der Waals surface area contributed by atoms with Gasteiger partial charge in [-0.2, -0.15) is 0 Å². The Bertz CT molecular complexity index is 338. The van der Waals surface area contributed by atoms with Gasteiger partial charge in [0.25, 0.3) is 0 Å². The van der Waals surface area contributed by atoms with Crippen LogP contribution in [0.2, 0.25) is 0 Å². The van der Waals surface area contributed by atoms with Crippen LogP contribution in [0.4, 0.5) is 0 Å². The van der Waals surface area contributed by atoms with E-state index in [1.54, 1.807) is 0 Å². The van der Waals surface area contributed by atoms with E-state index in [-0.39, 0.29) is 5.54 Å². The zero-order chi connectivity index (χ0) is 14.9. The normalized spacial score (nSPS) is 38.7. The maximum Gasteiger partial charge on any atom is 0.0706 e. The van der Waals surface area contributed by atoms with Gasteiger partial charge in [0, 0.05) is 31.2 Å². The van der Waals surface area contributed by atoms with E-state index in [9.17, 15) is 0 Å². The van der Waals surface area contributed by atoms with E-state index in [1.807, 2.05) is 0 Å². The highest BCUT2D eigenvalue weighted by molar-refractivity contribution is 4.96. The van der Waals surface area contributed by atoms with Gasteiger partial charge in [0.15, 0.2) is 0 Å². The molecule has 3 unspecified atom stereocenters. The van der Waals surface area contributed by atoms with Crippen molar-refractivity contribution in [3.8, 4) is 0 Å². The maximum absolute atomic E-state index is 6.08. The first-order valence-electron chi connectivity index (χ1n) is 9.18. The van der Waals surface area contributed by atoms with E-state index in [0.717, 1.165) is 19.0 Å². The van der Waals surface area contributed by atoms with Crippen LogP contribution in [0, 0.1) is 5.92 Å². The van der Waals surface area contributed by atoms with Crippen LogP contribution in [0.15, 0.2) is 0 Å². The first kappa shape index (κ1) is 15.8. The predicted molar refractivity (Wildman–Crippen MR) is 87.6 cm³/mol. The number of ether oxygens (including phenoxy) is 1. The molecule has 2 aliphatic heterocycles. The first-order chi connectivity index (χ1) is 10.0. The number of hydrogen-bond acceptors (Lipinski definition) is 3. The molecule has 3 aliphatic rings. The third-order valence-corrected chi connectivity index (χ3v) is 6.03. The van der Waals surface area contributed by atoms with Crippen LogP contribution in [-0.4, -0.2) is 48.3 Å². The summed E-state index contributed by atoms with van der Waals surface area (Å²) < 4.78 is 6.08. The van der Waals surface area contributed by atoms with E-state index in [2.05, 4.69) is 31.0 Å². The Morgan fingerprint density at radius 1 is 1.10 bits per heavy atom. The van der Waals surface area contributed by atoms with Crippen LogP contribution in [0.25, 0.3) is 0 Å². The van der Waals surface area contributed by atoms with Crippen LogP contribution in [-0.2, 0) is 4.74 Å². The van der Waals surface area contributed by atoms with Crippen molar-refractivity contribution in [1.29, 1.82) is 0 Å². The van der Waals surface area contributed by atoms with Gasteiger partial charge in [-0.25, -0.2) is 0 Å². The molecule has 3 rings (SSSR count). The summed E-state index contributed by atoms with van der Waals surface area (Å²) in [5.41, 5.74) is 0.264. The number of hydrogen-bond donors (Lipinski definition) is 1. The maximum atomic E-state index is 6.08. The molecule has 3 heteroatoms. The number of piperazine rings is 1. The smallest absolute Gasteiger partial charge is 0.0706 e. The van der Waals surface area contributed by atoms with Gasteiger partial charge in [0.05, 0.1) is 12.2 Å². The molecule has 2 saturated heterocycles. The number of nitrogens with zero attached hydrogens (tertiary/aromatic N) is 1. The van der Waals surface area contributed by atoms with Gasteiger partial charge < -0.3 is 10.1 Å². The monoisotopic (exact) mass is 294 g/mol. The molecule has 3 nitrogen and oxygen atoms in total. The number of rotatable bonds is 3. The summed E-state index contributed by atoms with van der Waals surface area (Å²) in [5, 5.41) is 3.86. The van der Waals surface area contributed by atoms with E-state index in [4.69, 9.17) is 4.74 Å². The van der Waals surface area contributed by atoms with Gasteiger partial charge in [-0.1, -0.05) is 19.3 Å². The van der Waals surface area contributed by atoms with Crippen molar-refractivity contribution in [2.45, 2.75) is 89.5 Å². The van der Waals surface area contributed by atoms with Gasteiger partial charge >= 0.3 is 0 Å². The average molecular weight is 294 g/mol. The molecule has 1 aliphatic carbocycles. The van der Waals surface area contributed by atoms with Crippen molar-refractivity contribution >= 4 is 0 Å². The molecule has 0 bridgehead atoms. The van der Waals surface area contributed by atoms with Crippen LogP contribution in [0.5, 0.6) is 0 Å². The fourth-order valence-electron chi connectivity index (χ4n) is 4.48. The molecule has 0 radical (unpaired) electrons. The minimum Gasteiger partial charge on any atom is -0.374 e. The lowest BCUT2D eigenvalue weighted by molar-refractivity contribution is -0.0185. The largest absolute Gasteiger partial charge is 0.374 e. The fraction of sp³-hybridized carbons (Fsp3) is 1.00. The Hall–Kier alpha value is -0.120. The van der Waals surface area contributed by atoms with Gasteiger partial charge in [0.2, 0.25) is 0 Å². The van der Waals surface area contributed by atoms with Gasteiger partial charge in [-0.15, -0.1) is 0 Å². The molecule has 3 fully saturated rings. The molecule has 0 aromatic carbocycles. The molecule has 0 aromatic rings. The first-order valence-corrected chi connectivity index (χ1v) is 9.18. The number of nitrogens with one attached hydrogen (secondary N) is 1. The van der Waals surface area contributed by atoms with Gasteiger partial charge in [-0.05, 0) is 52.4 Å². The summed E-state index contributed by atoms with van der Waals surface area (Å²) >= 11 is 0. The Kier molecular flexibility index (Phi) is 4.92. The van der Waals surface area contributed by atoms with E-state index < -0.39 is 0 Å². The van der Waals surface area contributed by atoms with E-state index in [1.165, 1.54) is 51.5 Å². The molecule has 0 amide bonds. The Labute approximate surface area is 130 Å². The Morgan fingerprint density at radius 2 is 1.86 bits per heavy atom. The van der Waals surface area contributed by atoms with Gasteiger partial charge in [0.1, 0.15) is 0 Å². The van der Waals surface area contributed by atoms with Crippen molar-refractivity contribution < 1.29 is 4.74 Å². The van der Waals surface area contributed by atoms with Crippen LogP contribution < -0.4 is 5.32 Å². The molecule has 21 heavy (non-hydrogen) atoms. The lowest BCUT2D eigenvalue weighted by Crippen LogP contribution is -2.64. The molecule has 0 spiro atoms. The predicted octanol–water partition coefficient (Wildman–Crippen LogP) is 3.19. The van der Waals surface area contributed by atoms with Crippen molar-refractivity contribution in [1.82, 2.24) is 10.2 Å². The average Bonchev–Trinajstić information content (AvgIpc) is 2.87. The molecule has 3 atom stereocenters. The topological polar surface area (TPSA) is 24.5 Å². The fourth-order valence-corrected chi connectivity index (χ4v) is 4.48. The summed E-state index contributed by atoms with van der Waals surface area (Å²) in [4.78, 5) is 2.71. The third kappa shape index (κ3) is 3.80. The molecule has 122 valence electrons. The minimum absolute atomic E-state index is 0.264. The minimum atomic E-state index is 0.264. The molecule has 0 aromatic heterocycles. The summed E-state index contributed by atoms with van der Waals surface area (Å²) in [6.45, 7) is 10.4. The Balaban J connectivity index is 1.59. The molecular weight excluding hydrogens is 260 g/mol. The van der Waals surface area contributed by atoms with Crippen molar-refractivity contribution in [3.05, 3.63) is 0 Å². The van der Waals surface area contributed by atoms with Crippen LogP contribution >= 0.6 is 0 Å². The molecule has 1 saturated carbocycles. The summed E-state index contributed by atoms with van der Waals surface area (Å²) in [6.07, 6.45) is 10.6. The second kappa shape index (κ2) is 6.55. The quantitative estimate of drug-likeness (QED) is 0.865. The lowest BCUT2D eigenvalue weighted by Gasteiger charge is -2.49. The zero-order valence-electron chi connectivity index (χ0n) is 14.2. The highest BCUT2D eigenvalue weighted by Crippen LogP contribution is 2.31. The van der Waals surface area contributed by atoms with Crippen molar-refractivity contribution in [3.63, 3.8) is 0 Å². The molecule has 2 heterocycles. The van der Waals surface area contributed by atoms with Gasteiger partial charge in [-0.3, -0.25) is 4.90 Å². The second-order valence-corrected chi connectivity index (χ2v) is 8.25. The van der Waals surface area contributed by atoms with Crippen LogP contribution in [0.1, 0.15) is 65.7 Å². The lowest BCUT2D eigenvalue weighted by atomic mass is 9.81. The third-order valence-electron chi connectivity index (χ3n) is 6.03. The van der Waals surface area contributed by atoms with Crippen LogP contribution in [0.3, 0.4) is 0 Å². The molecule has 1 N–H and O–H groups in total. The van der Waals surface area contributed by atoms with E-state index in [0.29, 0.717) is 18.2 Å². The zero-order valence-corrected chi connectivity index (χ0v) is 14.2.